The van der Waals surface area contributed by atoms with Crippen molar-refractivity contribution in [1.82, 2.24) is 15.3 Å². The van der Waals surface area contributed by atoms with E-state index in [1.165, 1.54) is 0 Å². The Labute approximate surface area is 127 Å². The summed E-state index contributed by atoms with van der Waals surface area (Å²) in [6, 6.07) is 5.78. The van der Waals surface area contributed by atoms with Crippen molar-refractivity contribution in [2.45, 2.75) is 25.4 Å². The van der Waals surface area contributed by atoms with E-state index in [0.29, 0.717) is 13.2 Å². The molecule has 2 aromatic heterocycles. The van der Waals surface area contributed by atoms with Crippen LogP contribution in [-0.4, -0.2) is 35.1 Å². The fourth-order valence-electron chi connectivity index (χ4n) is 2.25. The van der Waals surface area contributed by atoms with Crippen LogP contribution in [0.4, 0.5) is 0 Å². The van der Waals surface area contributed by atoms with E-state index < -0.39 is 0 Å². The van der Waals surface area contributed by atoms with Crippen molar-refractivity contribution in [2.75, 3.05) is 13.2 Å². The minimum atomic E-state index is -0.259. The maximum absolute atomic E-state index is 11.8. The quantitative estimate of drug-likeness (QED) is 0.918. The number of nitrogens with zero attached hydrogens (tertiary/aromatic N) is 2. The lowest BCUT2D eigenvalue weighted by Gasteiger charge is -2.09. The molecule has 110 valence electrons. The zero-order chi connectivity index (χ0) is 14.5. The average molecular weight is 303 g/mol. The third-order valence-corrected chi connectivity index (χ3v) is 4.25. The molecular formula is C15H17N3O2S. The molecule has 0 spiro atoms. The number of ether oxygens (including phenoxy) is 1. The molecule has 1 N–H and O–H groups in total. The second-order valence-electron chi connectivity index (χ2n) is 4.88. The Morgan fingerprint density at radius 3 is 3.14 bits per heavy atom. The first-order valence-electron chi connectivity index (χ1n) is 7.08. The van der Waals surface area contributed by atoms with Crippen LogP contribution in [0.2, 0.25) is 0 Å². The summed E-state index contributed by atoms with van der Waals surface area (Å²) in [4.78, 5) is 20.6. The van der Waals surface area contributed by atoms with E-state index in [-0.39, 0.29) is 12.0 Å². The van der Waals surface area contributed by atoms with E-state index in [1.54, 1.807) is 17.5 Å². The van der Waals surface area contributed by atoms with Gasteiger partial charge in [-0.15, -0.1) is 11.3 Å². The Hall–Kier alpha value is -1.79. The largest absolute Gasteiger partial charge is 0.368 e. The molecule has 0 saturated carbocycles. The van der Waals surface area contributed by atoms with Crippen LogP contribution >= 0.6 is 11.3 Å². The Morgan fingerprint density at radius 1 is 1.43 bits per heavy atom. The van der Waals surface area contributed by atoms with Crippen LogP contribution in [0.1, 0.15) is 17.8 Å². The number of nitrogens with one attached hydrogen (secondary N) is 1. The maximum Gasteiger partial charge on any atom is 0.249 e. The first kappa shape index (κ1) is 14.2. The van der Waals surface area contributed by atoms with Crippen molar-refractivity contribution in [3.05, 3.63) is 34.8 Å². The normalized spacial score (nSPS) is 17.8. The minimum Gasteiger partial charge on any atom is -0.368 e. The van der Waals surface area contributed by atoms with Crippen molar-refractivity contribution in [1.29, 1.82) is 0 Å². The van der Waals surface area contributed by atoms with Crippen LogP contribution < -0.4 is 5.32 Å². The fraction of sp³-hybridized carbons (Fsp3) is 0.400. The molecule has 1 fully saturated rings. The summed E-state index contributed by atoms with van der Waals surface area (Å²) in [5.41, 5.74) is 1.77. The molecular weight excluding hydrogens is 286 g/mol. The van der Waals surface area contributed by atoms with Crippen LogP contribution in [0.25, 0.3) is 11.4 Å². The zero-order valence-electron chi connectivity index (χ0n) is 11.6. The molecule has 3 rings (SSSR count). The molecule has 0 aromatic carbocycles. The summed E-state index contributed by atoms with van der Waals surface area (Å²) < 4.78 is 5.35. The molecule has 2 aromatic rings. The molecule has 0 radical (unpaired) electrons. The van der Waals surface area contributed by atoms with E-state index >= 15 is 0 Å². The molecule has 1 saturated heterocycles. The van der Waals surface area contributed by atoms with Crippen LogP contribution in [0.3, 0.4) is 0 Å². The van der Waals surface area contributed by atoms with E-state index in [2.05, 4.69) is 15.3 Å². The molecule has 5 nitrogen and oxygen atoms in total. The van der Waals surface area contributed by atoms with Gasteiger partial charge in [-0.1, -0.05) is 6.07 Å². The summed E-state index contributed by atoms with van der Waals surface area (Å²) in [6.07, 6.45) is 4.03. The van der Waals surface area contributed by atoms with Gasteiger partial charge in [0.1, 0.15) is 6.10 Å². The van der Waals surface area contributed by atoms with Gasteiger partial charge in [0.2, 0.25) is 5.91 Å². The van der Waals surface area contributed by atoms with E-state index in [4.69, 9.17) is 4.74 Å². The molecule has 1 amide bonds. The highest BCUT2D eigenvalue weighted by molar-refractivity contribution is 7.09. The number of hydrogen-bond acceptors (Lipinski definition) is 5. The first-order valence-corrected chi connectivity index (χ1v) is 7.96. The Kier molecular flexibility index (Phi) is 4.57. The summed E-state index contributed by atoms with van der Waals surface area (Å²) in [6.45, 7) is 1.28. The molecule has 21 heavy (non-hydrogen) atoms. The van der Waals surface area contributed by atoms with Crippen molar-refractivity contribution in [3.8, 4) is 11.4 Å². The number of amides is 1. The second-order valence-corrected chi connectivity index (χ2v) is 5.83. The maximum atomic E-state index is 11.8. The Balaban J connectivity index is 1.50. The van der Waals surface area contributed by atoms with Gasteiger partial charge in [0.05, 0.1) is 16.4 Å². The van der Waals surface area contributed by atoms with Crippen LogP contribution in [0.5, 0.6) is 0 Å². The van der Waals surface area contributed by atoms with Crippen LogP contribution in [0.15, 0.2) is 29.8 Å². The van der Waals surface area contributed by atoms with Crippen molar-refractivity contribution < 1.29 is 9.53 Å². The smallest absolute Gasteiger partial charge is 0.249 e. The Bertz CT molecular complexity index is 594. The van der Waals surface area contributed by atoms with Crippen molar-refractivity contribution >= 4 is 17.2 Å². The van der Waals surface area contributed by atoms with Crippen molar-refractivity contribution in [2.24, 2.45) is 0 Å². The number of aromatic nitrogens is 2. The molecule has 1 aliphatic rings. The summed E-state index contributed by atoms with van der Waals surface area (Å²) >= 11 is 1.59. The first-order chi connectivity index (χ1) is 10.3. The predicted molar refractivity (Wildman–Crippen MR) is 81.0 cm³/mol. The monoisotopic (exact) mass is 303 g/mol. The van der Waals surface area contributed by atoms with Crippen molar-refractivity contribution in [3.63, 3.8) is 0 Å². The van der Waals surface area contributed by atoms with Gasteiger partial charge in [0, 0.05) is 31.1 Å². The SMILES string of the molecule is O=C(NCCc1nc(-c2ccccn2)cs1)C1CCCO1. The van der Waals surface area contributed by atoms with Gasteiger partial charge in [0.15, 0.2) is 0 Å². The van der Waals surface area contributed by atoms with E-state index in [1.807, 2.05) is 23.6 Å². The number of hydrogen-bond donors (Lipinski definition) is 1. The third kappa shape index (κ3) is 3.65. The molecule has 0 bridgehead atoms. The van der Waals surface area contributed by atoms with Gasteiger partial charge >= 0.3 is 0 Å². The molecule has 1 unspecified atom stereocenters. The molecule has 6 heteroatoms. The van der Waals surface area contributed by atoms with E-state index in [0.717, 1.165) is 35.7 Å². The summed E-state index contributed by atoms with van der Waals surface area (Å²) in [5.74, 6) is -0.00555. The fourth-order valence-corrected chi connectivity index (χ4v) is 3.04. The van der Waals surface area contributed by atoms with Gasteiger partial charge < -0.3 is 10.1 Å². The second kappa shape index (κ2) is 6.78. The summed E-state index contributed by atoms with van der Waals surface area (Å²) in [7, 11) is 0. The lowest BCUT2D eigenvalue weighted by Crippen LogP contribution is -2.35. The summed E-state index contributed by atoms with van der Waals surface area (Å²) in [5, 5.41) is 5.91. The van der Waals surface area contributed by atoms with Gasteiger partial charge in [0.25, 0.3) is 0 Å². The zero-order valence-corrected chi connectivity index (χ0v) is 12.4. The van der Waals surface area contributed by atoms with Gasteiger partial charge in [-0.25, -0.2) is 4.98 Å². The molecule has 3 heterocycles. The lowest BCUT2D eigenvalue weighted by molar-refractivity contribution is -0.129. The van der Waals surface area contributed by atoms with Crippen LogP contribution in [0, 0.1) is 0 Å². The molecule has 1 atom stereocenters. The van der Waals surface area contributed by atoms with Gasteiger partial charge in [-0.2, -0.15) is 0 Å². The molecule has 1 aliphatic heterocycles. The number of carbonyl (C=O) groups excluding carboxylic acids is 1. The highest BCUT2D eigenvalue weighted by Gasteiger charge is 2.22. The minimum absolute atomic E-state index is 0.00555. The average Bonchev–Trinajstić information content (AvgIpc) is 3.20. The standard InChI is InChI=1S/C15H17N3O2S/c19-15(13-5-3-9-20-13)17-8-6-14-18-12(10-21-14)11-4-1-2-7-16-11/h1-2,4,7,10,13H,3,5-6,8-9H2,(H,17,19). The van der Waals surface area contributed by atoms with Crippen LogP contribution in [-0.2, 0) is 16.0 Å². The van der Waals surface area contributed by atoms with Gasteiger partial charge in [-0.05, 0) is 25.0 Å². The van der Waals surface area contributed by atoms with Gasteiger partial charge in [-0.3, -0.25) is 9.78 Å². The lowest BCUT2D eigenvalue weighted by atomic mass is 10.2. The number of thiazole rings is 1. The van der Waals surface area contributed by atoms with E-state index in [9.17, 15) is 4.79 Å². The molecule has 0 aliphatic carbocycles. The highest BCUT2D eigenvalue weighted by atomic mass is 32.1. The predicted octanol–water partition coefficient (Wildman–Crippen LogP) is 2.04. The number of rotatable bonds is 5. The number of carbonyl (C=O) groups is 1. The Morgan fingerprint density at radius 2 is 2.38 bits per heavy atom. The number of pyridine rings is 1. The topological polar surface area (TPSA) is 64.1 Å². The highest BCUT2D eigenvalue weighted by Crippen LogP contribution is 2.19. The third-order valence-electron chi connectivity index (χ3n) is 3.34.